The Labute approximate surface area is 101 Å². The van der Waals surface area contributed by atoms with Gasteiger partial charge in [0.2, 0.25) is 0 Å². The molecule has 1 saturated heterocycles. The van der Waals surface area contributed by atoms with Gasteiger partial charge in [0.05, 0.1) is 12.1 Å². The summed E-state index contributed by atoms with van der Waals surface area (Å²) in [7, 11) is 4.22. The predicted octanol–water partition coefficient (Wildman–Crippen LogP) is 1.34. The molecule has 3 nitrogen and oxygen atoms in total. The Kier molecular flexibility index (Phi) is 3.64. The fraction of sp³-hybridized carbons (Fsp3) is 0.667. The van der Waals surface area contributed by atoms with Crippen LogP contribution < -0.4 is 0 Å². The lowest BCUT2D eigenvalue weighted by atomic mass is 10.00. The first-order chi connectivity index (χ1) is 7.59. The number of aryl methyl sites for hydroxylation is 1. The summed E-state index contributed by atoms with van der Waals surface area (Å²) in [6.45, 7) is 5.13. The highest BCUT2D eigenvalue weighted by Gasteiger charge is 2.30. The highest BCUT2D eigenvalue weighted by Crippen LogP contribution is 2.28. The maximum absolute atomic E-state index is 10.4. The van der Waals surface area contributed by atoms with E-state index in [2.05, 4.69) is 36.2 Å². The Hall–Kier alpha value is -0.420. The van der Waals surface area contributed by atoms with Crippen molar-refractivity contribution in [2.75, 3.05) is 33.7 Å². The molecule has 0 spiro atoms. The van der Waals surface area contributed by atoms with Crippen molar-refractivity contribution in [3.05, 3.63) is 21.9 Å². The van der Waals surface area contributed by atoms with E-state index in [1.165, 1.54) is 4.88 Å². The van der Waals surface area contributed by atoms with Crippen LogP contribution in [0.3, 0.4) is 0 Å². The number of rotatable bonds is 2. The van der Waals surface area contributed by atoms with Gasteiger partial charge in [-0.3, -0.25) is 4.90 Å². The molecule has 1 aliphatic heterocycles. The monoisotopic (exact) mass is 240 g/mol. The van der Waals surface area contributed by atoms with Crippen molar-refractivity contribution in [3.8, 4) is 0 Å². The van der Waals surface area contributed by atoms with Gasteiger partial charge >= 0.3 is 0 Å². The van der Waals surface area contributed by atoms with Crippen molar-refractivity contribution < 1.29 is 5.11 Å². The van der Waals surface area contributed by atoms with Gasteiger partial charge in [-0.1, -0.05) is 0 Å². The molecule has 0 aromatic carbocycles. The van der Waals surface area contributed by atoms with Crippen LogP contribution in [-0.4, -0.2) is 54.7 Å². The van der Waals surface area contributed by atoms with Crippen molar-refractivity contribution >= 4 is 11.3 Å². The van der Waals surface area contributed by atoms with E-state index in [9.17, 15) is 5.11 Å². The SMILES string of the molecule is Cc1sccc1C(O)C1CN(C)CCN1C. The lowest BCUT2D eigenvalue weighted by Gasteiger charge is -2.40. The predicted molar refractivity (Wildman–Crippen MR) is 67.9 cm³/mol. The van der Waals surface area contributed by atoms with E-state index < -0.39 is 0 Å². The van der Waals surface area contributed by atoms with E-state index in [4.69, 9.17) is 0 Å². The molecular weight excluding hydrogens is 220 g/mol. The third kappa shape index (κ3) is 2.30. The summed E-state index contributed by atoms with van der Waals surface area (Å²) in [6.07, 6.45) is -0.362. The van der Waals surface area contributed by atoms with Crippen LogP contribution >= 0.6 is 11.3 Å². The average Bonchev–Trinajstić information content (AvgIpc) is 2.67. The molecule has 0 aliphatic carbocycles. The molecule has 0 saturated carbocycles. The van der Waals surface area contributed by atoms with Gasteiger partial charge in [0, 0.05) is 24.5 Å². The van der Waals surface area contributed by atoms with Gasteiger partial charge in [-0.2, -0.15) is 0 Å². The minimum Gasteiger partial charge on any atom is -0.387 e. The van der Waals surface area contributed by atoms with Gasteiger partial charge in [0.1, 0.15) is 0 Å². The third-order valence-electron chi connectivity index (χ3n) is 3.48. The molecule has 1 aromatic rings. The molecule has 2 atom stereocenters. The summed E-state index contributed by atoms with van der Waals surface area (Å²) in [5.74, 6) is 0. The number of nitrogens with zero attached hydrogens (tertiary/aromatic N) is 2. The van der Waals surface area contributed by atoms with Crippen LogP contribution in [0.2, 0.25) is 0 Å². The van der Waals surface area contributed by atoms with E-state index >= 15 is 0 Å². The number of likely N-dealkylation sites (N-methyl/N-ethyl adjacent to an activating group) is 2. The van der Waals surface area contributed by atoms with Crippen LogP contribution in [0.1, 0.15) is 16.5 Å². The van der Waals surface area contributed by atoms with Crippen LogP contribution in [0.5, 0.6) is 0 Å². The van der Waals surface area contributed by atoms with E-state index in [0.29, 0.717) is 0 Å². The Morgan fingerprint density at radius 2 is 2.19 bits per heavy atom. The fourth-order valence-electron chi connectivity index (χ4n) is 2.29. The minimum atomic E-state index is -0.362. The Morgan fingerprint density at radius 3 is 2.81 bits per heavy atom. The second-order valence-corrected chi connectivity index (χ2v) is 5.81. The maximum Gasteiger partial charge on any atom is 0.0968 e. The molecule has 90 valence electrons. The summed E-state index contributed by atoms with van der Waals surface area (Å²) in [5, 5.41) is 12.5. The molecule has 2 unspecified atom stereocenters. The van der Waals surface area contributed by atoms with Crippen molar-refractivity contribution in [2.45, 2.75) is 19.1 Å². The van der Waals surface area contributed by atoms with Crippen LogP contribution in [0, 0.1) is 6.92 Å². The quantitative estimate of drug-likeness (QED) is 0.845. The Morgan fingerprint density at radius 1 is 1.44 bits per heavy atom. The number of hydrogen-bond acceptors (Lipinski definition) is 4. The number of hydrogen-bond donors (Lipinski definition) is 1. The summed E-state index contributed by atoms with van der Waals surface area (Å²) in [4.78, 5) is 5.78. The Bertz CT molecular complexity index is 353. The normalized spacial score (nSPS) is 25.9. The van der Waals surface area contributed by atoms with Gasteiger partial charge < -0.3 is 10.0 Å². The summed E-state index contributed by atoms with van der Waals surface area (Å²) < 4.78 is 0. The molecule has 2 rings (SSSR count). The van der Waals surface area contributed by atoms with Gasteiger partial charge in [0.15, 0.2) is 0 Å². The number of thiophene rings is 1. The van der Waals surface area contributed by atoms with Crippen molar-refractivity contribution in [3.63, 3.8) is 0 Å². The highest BCUT2D eigenvalue weighted by molar-refractivity contribution is 7.10. The fourth-order valence-corrected chi connectivity index (χ4v) is 3.04. The first-order valence-corrected chi connectivity index (χ1v) is 6.58. The maximum atomic E-state index is 10.4. The zero-order valence-electron chi connectivity index (χ0n) is 10.2. The summed E-state index contributed by atoms with van der Waals surface area (Å²) in [5.41, 5.74) is 1.09. The number of piperazine rings is 1. The topological polar surface area (TPSA) is 26.7 Å². The van der Waals surface area contributed by atoms with Crippen LogP contribution in [0.15, 0.2) is 11.4 Å². The van der Waals surface area contributed by atoms with Gasteiger partial charge in [-0.25, -0.2) is 0 Å². The molecule has 0 radical (unpaired) electrons. The molecule has 1 fully saturated rings. The highest BCUT2D eigenvalue weighted by atomic mass is 32.1. The molecule has 2 heterocycles. The lowest BCUT2D eigenvalue weighted by molar-refractivity contribution is 0.0138. The van der Waals surface area contributed by atoms with E-state index in [1.807, 2.05) is 6.07 Å². The van der Waals surface area contributed by atoms with Crippen molar-refractivity contribution in [1.82, 2.24) is 9.80 Å². The average molecular weight is 240 g/mol. The first-order valence-electron chi connectivity index (χ1n) is 5.70. The smallest absolute Gasteiger partial charge is 0.0968 e. The molecule has 4 heteroatoms. The standard InChI is InChI=1S/C12H20N2OS/c1-9-10(4-7-16-9)12(15)11-8-13(2)5-6-14(11)3/h4,7,11-12,15H,5-6,8H2,1-3H3. The molecule has 1 aliphatic rings. The number of aliphatic hydroxyl groups is 1. The molecule has 1 N–H and O–H groups in total. The number of aliphatic hydroxyl groups excluding tert-OH is 1. The molecular formula is C12H20N2OS. The van der Waals surface area contributed by atoms with Gasteiger partial charge in [-0.05, 0) is 38.0 Å². The second-order valence-electron chi connectivity index (χ2n) is 4.69. The summed E-state index contributed by atoms with van der Waals surface area (Å²) >= 11 is 1.71. The zero-order chi connectivity index (χ0) is 11.7. The second kappa shape index (κ2) is 4.84. The Balaban J connectivity index is 2.14. The first kappa shape index (κ1) is 12.0. The summed E-state index contributed by atoms with van der Waals surface area (Å²) in [6, 6.07) is 2.26. The van der Waals surface area contributed by atoms with E-state index in [0.717, 1.165) is 25.2 Å². The third-order valence-corrected chi connectivity index (χ3v) is 4.34. The van der Waals surface area contributed by atoms with Crippen LogP contribution in [0.25, 0.3) is 0 Å². The molecule has 16 heavy (non-hydrogen) atoms. The molecule has 1 aromatic heterocycles. The lowest BCUT2D eigenvalue weighted by Crippen LogP contribution is -2.52. The zero-order valence-corrected chi connectivity index (χ0v) is 11.0. The van der Waals surface area contributed by atoms with Crippen LogP contribution in [-0.2, 0) is 0 Å². The van der Waals surface area contributed by atoms with Crippen LogP contribution in [0.4, 0.5) is 0 Å². The largest absolute Gasteiger partial charge is 0.387 e. The van der Waals surface area contributed by atoms with Crippen molar-refractivity contribution in [2.24, 2.45) is 0 Å². The molecule has 0 bridgehead atoms. The van der Waals surface area contributed by atoms with Gasteiger partial charge in [-0.15, -0.1) is 11.3 Å². The van der Waals surface area contributed by atoms with E-state index in [1.54, 1.807) is 11.3 Å². The van der Waals surface area contributed by atoms with E-state index in [-0.39, 0.29) is 12.1 Å². The van der Waals surface area contributed by atoms with Crippen molar-refractivity contribution in [1.29, 1.82) is 0 Å². The van der Waals surface area contributed by atoms with Gasteiger partial charge in [0.25, 0.3) is 0 Å². The molecule has 0 amide bonds. The minimum absolute atomic E-state index is 0.215.